The molecule has 36 heavy (non-hydrogen) atoms. The van der Waals surface area contributed by atoms with Gasteiger partial charge in [0, 0.05) is 19.6 Å². The number of nitrogens with two attached hydrogens (primary N) is 3. The molecule has 0 aliphatic carbocycles. The Balaban J connectivity index is 1.86. The summed E-state index contributed by atoms with van der Waals surface area (Å²) in [5.41, 5.74) is 20.1. The van der Waals surface area contributed by atoms with E-state index in [4.69, 9.17) is 17.2 Å². The van der Waals surface area contributed by atoms with E-state index in [1.807, 2.05) is 72.8 Å². The van der Waals surface area contributed by atoms with Crippen LogP contribution < -0.4 is 34.3 Å². The van der Waals surface area contributed by atoms with Crippen LogP contribution in [0, 0.1) is 0 Å². The number of hydrogen-bond donors (Lipinski definition) is 3. The van der Waals surface area contributed by atoms with Gasteiger partial charge in [-0.25, -0.2) is 28.1 Å². The molecular weight excluding hydrogens is 456 g/mol. The van der Waals surface area contributed by atoms with E-state index in [0.717, 1.165) is 47.1 Å². The van der Waals surface area contributed by atoms with Crippen LogP contribution in [0.2, 0.25) is 0 Å². The molecule has 9 nitrogen and oxygen atoms in total. The quantitative estimate of drug-likeness (QED) is 0.318. The van der Waals surface area contributed by atoms with Crippen LogP contribution in [0.5, 0.6) is 0 Å². The molecule has 0 fully saturated rings. The predicted molar refractivity (Wildman–Crippen MR) is 140 cm³/mol. The van der Waals surface area contributed by atoms with Crippen molar-refractivity contribution in [2.24, 2.45) is 17.2 Å². The molecule has 0 radical (unpaired) electrons. The van der Waals surface area contributed by atoms with Crippen molar-refractivity contribution in [2.45, 2.75) is 39.3 Å². The molecule has 4 rings (SSSR count). The molecule has 4 aromatic rings. The van der Waals surface area contributed by atoms with Crippen LogP contribution in [0.1, 0.15) is 33.4 Å². The first-order valence-corrected chi connectivity index (χ1v) is 11.7. The summed E-state index contributed by atoms with van der Waals surface area (Å²) < 4.78 is 3.28. The third kappa shape index (κ3) is 5.44. The van der Waals surface area contributed by atoms with Gasteiger partial charge in [0.15, 0.2) is 0 Å². The smallest absolute Gasteiger partial charge is 0.326 e. The molecular formula is C27H30N6O3. The monoisotopic (exact) mass is 486 g/mol. The normalized spacial score (nSPS) is 11.1. The highest BCUT2D eigenvalue weighted by Gasteiger charge is 2.17. The van der Waals surface area contributed by atoms with Crippen LogP contribution in [-0.4, -0.2) is 13.7 Å². The second kappa shape index (κ2) is 11.1. The molecule has 186 valence electrons. The van der Waals surface area contributed by atoms with Gasteiger partial charge < -0.3 is 17.2 Å². The van der Waals surface area contributed by atoms with E-state index in [1.165, 1.54) is 0 Å². The zero-order valence-corrected chi connectivity index (χ0v) is 20.0. The lowest BCUT2D eigenvalue weighted by molar-refractivity contribution is 0.491. The molecule has 0 spiro atoms. The molecule has 0 unspecified atom stereocenters. The minimum atomic E-state index is -0.673. The fourth-order valence-electron chi connectivity index (χ4n) is 4.20. The minimum Gasteiger partial charge on any atom is -0.326 e. The summed E-state index contributed by atoms with van der Waals surface area (Å²) in [5.74, 6) is 0. The van der Waals surface area contributed by atoms with E-state index < -0.39 is 17.1 Å². The van der Waals surface area contributed by atoms with Gasteiger partial charge in [-0.15, -0.1) is 0 Å². The second-order valence-corrected chi connectivity index (χ2v) is 8.68. The third-order valence-corrected chi connectivity index (χ3v) is 6.09. The second-order valence-electron chi connectivity index (χ2n) is 8.68. The van der Waals surface area contributed by atoms with Crippen molar-refractivity contribution in [1.29, 1.82) is 0 Å². The van der Waals surface area contributed by atoms with Gasteiger partial charge in [-0.05, 0) is 33.4 Å². The maximum atomic E-state index is 13.5. The number of hydrogen-bond acceptors (Lipinski definition) is 6. The van der Waals surface area contributed by atoms with E-state index >= 15 is 0 Å². The van der Waals surface area contributed by atoms with Crippen molar-refractivity contribution >= 4 is 0 Å². The Labute approximate surface area is 208 Å². The van der Waals surface area contributed by atoms with Crippen molar-refractivity contribution in [2.75, 3.05) is 0 Å². The molecule has 1 heterocycles. The van der Waals surface area contributed by atoms with Crippen LogP contribution in [-0.2, 0) is 39.3 Å². The van der Waals surface area contributed by atoms with Crippen molar-refractivity contribution in [3.8, 4) is 0 Å². The molecule has 0 bridgehead atoms. The summed E-state index contributed by atoms with van der Waals surface area (Å²) in [6.07, 6.45) is 0. The molecule has 0 atom stereocenters. The Hall–Kier alpha value is -4.05. The average molecular weight is 487 g/mol. The third-order valence-electron chi connectivity index (χ3n) is 6.09. The van der Waals surface area contributed by atoms with Crippen LogP contribution in [0.15, 0.2) is 87.2 Å². The average Bonchev–Trinajstić information content (AvgIpc) is 2.92. The van der Waals surface area contributed by atoms with Crippen LogP contribution in [0.4, 0.5) is 0 Å². The maximum Gasteiger partial charge on any atom is 0.336 e. The molecule has 9 heteroatoms. The first-order chi connectivity index (χ1) is 17.4. The van der Waals surface area contributed by atoms with E-state index in [2.05, 4.69) is 0 Å². The highest BCUT2D eigenvalue weighted by Crippen LogP contribution is 2.08. The standard InChI is InChI=1S/C27H30N6O3/c28-13-19-4-1-7-22(10-19)16-31-25(34)32(17-23-8-2-5-20(11-23)14-29)27(36)33(26(31)35)18-24-9-3-6-21(12-24)15-30/h1-12H,13-18,28-30H2. The Bertz CT molecular complexity index is 1340. The number of rotatable bonds is 9. The first kappa shape index (κ1) is 25.1. The Morgan fingerprint density at radius 3 is 0.944 bits per heavy atom. The molecule has 0 aliphatic heterocycles. The molecule has 0 amide bonds. The van der Waals surface area contributed by atoms with Gasteiger partial charge in [-0.3, -0.25) is 0 Å². The van der Waals surface area contributed by atoms with Crippen molar-refractivity contribution in [3.05, 3.63) is 138 Å². The Morgan fingerprint density at radius 1 is 0.444 bits per heavy atom. The van der Waals surface area contributed by atoms with E-state index in [0.29, 0.717) is 19.6 Å². The van der Waals surface area contributed by atoms with Crippen LogP contribution in [0.25, 0.3) is 0 Å². The van der Waals surface area contributed by atoms with E-state index in [1.54, 1.807) is 0 Å². The summed E-state index contributed by atoms with van der Waals surface area (Å²) in [4.78, 5) is 40.4. The van der Waals surface area contributed by atoms with E-state index in [-0.39, 0.29) is 19.6 Å². The zero-order valence-electron chi connectivity index (χ0n) is 20.0. The maximum absolute atomic E-state index is 13.5. The molecule has 0 saturated heterocycles. The van der Waals surface area contributed by atoms with Gasteiger partial charge in [0.05, 0.1) is 19.6 Å². The van der Waals surface area contributed by atoms with Gasteiger partial charge in [0.25, 0.3) is 0 Å². The molecule has 1 aromatic heterocycles. The topological polar surface area (TPSA) is 144 Å². The minimum absolute atomic E-state index is 0.0114. The fraction of sp³-hybridized carbons (Fsp3) is 0.222. The van der Waals surface area contributed by atoms with Crippen LogP contribution >= 0.6 is 0 Å². The lowest BCUT2D eigenvalue weighted by Crippen LogP contribution is -2.54. The molecule has 3 aromatic carbocycles. The lowest BCUT2D eigenvalue weighted by Gasteiger charge is -2.15. The molecule has 0 aliphatic rings. The van der Waals surface area contributed by atoms with Gasteiger partial charge in [-0.1, -0.05) is 72.8 Å². The first-order valence-electron chi connectivity index (χ1n) is 11.7. The van der Waals surface area contributed by atoms with Gasteiger partial charge in [0.1, 0.15) is 0 Å². The van der Waals surface area contributed by atoms with E-state index in [9.17, 15) is 14.4 Å². The lowest BCUT2D eigenvalue weighted by atomic mass is 10.1. The highest BCUT2D eigenvalue weighted by molar-refractivity contribution is 5.26. The van der Waals surface area contributed by atoms with Gasteiger partial charge >= 0.3 is 17.1 Å². The van der Waals surface area contributed by atoms with Gasteiger partial charge in [0.2, 0.25) is 0 Å². The summed E-state index contributed by atoms with van der Waals surface area (Å²) in [6.45, 7) is 1.04. The predicted octanol–water partition coefficient (Wildman–Crippen LogP) is 0.693. The van der Waals surface area contributed by atoms with Crippen molar-refractivity contribution in [3.63, 3.8) is 0 Å². The Morgan fingerprint density at radius 2 is 0.694 bits per heavy atom. The molecule has 6 N–H and O–H groups in total. The van der Waals surface area contributed by atoms with Gasteiger partial charge in [-0.2, -0.15) is 0 Å². The zero-order chi connectivity index (χ0) is 25.7. The van der Waals surface area contributed by atoms with Crippen molar-refractivity contribution in [1.82, 2.24) is 13.7 Å². The number of benzene rings is 3. The van der Waals surface area contributed by atoms with Crippen LogP contribution in [0.3, 0.4) is 0 Å². The SMILES string of the molecule is NCc1cccc(Cn2c(=O)n(Cc3cccc(CN)c3)c(=O)n(Cc3cccc(CN)c3)c2=O)c1. The summed E-state index contributed by atoms with van der Waals surface area (Å²) in [5, 5.41) is 0. The highest BCUT2D eigenvalue weighted by atomic mass is 16.2. The summed E-state index contributed by atoms with van der Waals surface area (Å²) in [7, 11) is 0. The summed E-state index contributed by atoms with van der Waals surface area (Å²) >= 11 is 0. The molecule has 0 saturated carbocycles. The fourth-order valence-corrected chi connectivity index (χ4v) is 4.20. The number of aromatic nitrogens is 3. The largest absolute Gasteiger partial charge is 0.336 e. The van der Waals surface area contributed by atoms with Crippen molar-refractivity contribution < 1.29 is 0 Å². The summed E-state index contributed by atoms with van der Waals surface area (Å²) in [6, 6.07) is 22.1. The number of nitrogens with zero attached hydrogens (tertiary/aromatic N) is 3. The Kier molecular flexibility index (Phi) is 7.74.